The van der Waals surface area contributed by atoms with Gasteiger partial charge < -0.3 is 4.98 Å². The first kappa shape index (κ1) is 11.5. The molecule has 0 unspecified atom stereocenters. The number of para-hydroxylation sites is 2. The summed E-state index contributed by atoms with van der Waals surface area (Å²) in [4.78, 5) is 7.74. The van der Waals surface area contributed by atoms with Crippen LogP contribution in [0.3, 0.4) is 0 Å². The van der Waals surface area contributed by atoms with Crippen LogP contribution < -0.4 is 0 Å². The third kappa shape index (κ3) is 2.80. The molecule has 19 heavy (non-hydrogen) atoms. The second-order valence-electron chi connectivity index (χ2n) is 4.27. The number of nitrogens with one attached hydrogen (secondary N) is 1. The molecule has 2 nitrogen and oxygen atoms in total. The molecule has 0 saturated heterocycles. The van der Waals surface area contributed by atoms with Crippen molar-refractivity contribution in [1.29, 1.82) is 0 Å². The molecule has 1 heterocycles. The molecule has 0 atom stereocenters. The van der Waals surface area contributed by atoms with Crippen LogP contribution >= 0.6 is 0 Å². The Hall–Kier alpha value is -2.61. The van der Waals surface area contributed by atoms with Gasteiger partial charge in [0.2, 0.25) is 0 Å². The zero-order valence-electron chi connectivity index (χ0n) is 10.5. The molecule has 0 aliphatic rings. The Bertz CT molecular complexity index is 688. The standard InChI is InChI=1S/C17H14N2/c1-2-8-14(9-3-1)10-4-7-13-17-18-15-11-5-6-12-16(15)19-17/h1-13H,(H,18,19)/b10-4+,13-7+. The van der Waals surface area contributed by atoms with Gasteiger partial charge in [-0.25, -0.2) is 4.98 Å². The van der Waals surface area contributed by atoms with Gasteiger partial charge in [-0.1, -0.05) is 60.7 Å². The number of H-pyrrole nitrogens is 1. The van der Waals surface area contributed by atoms with E-state index < -0.39 is 0 Å². The van der Waals surface area contributed by atoms with E-state index in [2.05, 4.69) is 28.2 Å². The first-order chi connectivity index (χ1) is 9.42. The van der Waals surface area contributed by atoms with Gasteiger partial charge >= 0.3 is 0 Å². The van der Waals surface area contributed by atoms with Crippen LogP contribution in [0.1, 0.15) is 11.4 Å². The predicted molar refractivity (Wildman–Crippen MR) is 80.6 cm³/mol. The number of allylic oxidation sites excluding steroid dienone is 2. The van der Waals surface area contributed by atoms with Gasteiger partial charge in [-0.3, -0.25) is 0 Å². The minimum Gasteiger partial charge on any atom is -0.338 e. The predicted octanol–water partition coefficient (Wildman–Crippen LogP) is 4.29. The van der Waals surface area contributed by atoms with Gasteiger partial charge in [-0.05, 0) is 23.8 Å². The lowest BCUT2D eigenvalue weighted by atomic mass is 10.2. The third-order valence-electron chi connectivity index (χ3n) is 2.86. The topological polar surface area (TPSA) is 28.7 Å². The van der Waals surface area contributed by atoms with E-state index >= 15 is 0 Å². The lowest BCUT2D eigenvalue weighted by molar-refractivity contribution is 1.29. The van der Waals surface area contributed by atoms with Crippen LogP contribution in [0.4, 0.5) is 0 Å². The maximum atomic E-state index is 4.48. The highest BCUT2D eigenvalue weighted by atomic mass is 14.9. The zero-order chi connectivity index (χ0) is 12.9. The Balaban J connectivity index is 1.74. The van der Waals surface area contributed by atoms with Gasteiger partial charge in [0.25, 0.3) is 0 Å². The Kier molecular flexibility index (Phi) is 3.24. The number of aromatic amines is 1. The van der Waals surface area contributed by atoms with Crippen molar-refractivity contribution >= 4 is 23.2 Å². The van der Waals surface area contributed by atoms with E-state index in [0.29, 0.717) is 0 Å². The fourth-order valence-corrected chi connectivity index (χ4v) is 1.93. The van der Waals surface area contributed by atoms with Crippen molar-refractivity contribution in [2.45, 2.75) is 0 Å². The van der Waals surface area contributed by atoms with Crippen LogP contribution in [-0.4, -0.2) is 9.97 Å². The largest absolute Gasteiger partial charge is 0.338 e. The van der Waals surface area contributed by atoms with Crippen LogP contribution in [0.5, 0.6) is 0 Å². The van der Waals surface area contributed by atoms with E-state index in [9.17, 15) is 0 Å². The number of hydrogen-bond acceptors (Lipinski definition) is 1. The normalized spacial score (nSPS) is 11.8. The lowest BCUT2D eigenvalue weighted by Gasteiger charge is -1.88. The van der Waals surface area contributed by atoms with Crippen LogP contribution in [0.2, 0.25) is 0 Å². The number of imidazole rings is 1. The quantitative estimate of drug-likeness (QED) is 0.686. The van der Waals surface area contributed by atoms with E-state index in [1.165, 1.54) is 5.56 Å². The Morgan fingerprint density at radius 1 is 0.789 bits per heavy atom. The third-order valence-corrected chi connectivity index (χ3v) is 2.86. The molecule has 3 rings (SSSR count). The molecule has 1 aromatic heterocycles. The number of benzene rings is 2. The summed E-state index contributed by atoms with van der Waals surface area (Å²) in [5.41, 5.74) is 3.25. The van der Waals surface area contributed by atoms with E-state index in [-0.39, 0.29) is 0 Å². The van der Waals surface area contributed by atoms with Gasteiger partial charge in [0.05, 0.1) is 11.0 Å². The molecular weight excluding hydrogens is 232 g/mol. The number of fused-ring (bicyclic) bond motifs is 1. The van der Waals surface area contributed by atoms with Crippen molar-refractivity contribution in [3.8, 4) is 0 Å². The summed E-state index contributed by atoms with van der Waals surface area (Å²) in [6.45, 7) is 0. The van der Waals surface area contributed by atoms with Crippen LogP contribution in [-0.2, 0) is 0 Å². The molecule has 0 amide bonds. The summed E-state index contributed by atoms with van der Waals surface area (Å²) in [6.07, 6.45) is 8.05. The minimum absolute atomic E-state index is 0.874. The molecule has 3 aromatic rings. The van der Waals surface area contributed by atoms with E-state index in [1.807, 2.05) is 60.7 Å². The second kappa shape index (κ2) is 5.36. The molecule has 0 fully saturated rings. The fourth-order valence-electron chi connectivity index (χ4n) is 1.93. The molecule has 2 heteroatoms. The number of hydrogen-bond donors (Lipinski definition) is 1. The molecule has 0 radical (unpaired) electrons. The van der Waals surface area contributed by atoms with Gasteiger partial charge in [0.15, 0.2) is 0 Å². The molecule has 0 saturated carbocycles. The first-order valence-corrected chi connectivity index (χ1v) is 6.26. The first-order valence-electron chi connectivity index (χ1n) is 6.26. The van der Waals surface area contributed by atoms with Crippen LogP contribution in [0, 0.1) is 0 Å². The van der Waals surface area contributed by atoms with Crippen molar-refractivity contribution in [2.75, 3.05) is 0 Å². The van der Waals surface area contributed by atoms with E-state index in [0.717, 1.165) is 16.9 Å². The molecule has 0 aliphatic heterocycles. The van der Waals surface area contributed by atoms with Crippen molar-refractivity contribution in [2.24, 2.45) is 0 Å². The summed E-state index contributed by atoms with van der Waals surface area (Å²) < 4.78 is 0. The van der Waals surface area contributed by atoms with E-state index in [4.69, 9.17) is 0 Å². The van der Waals surface area contributed by atoms with Crippen LogP contribution in [0.15, 0.2) is 66.7 Å². The van der Waals surface area contributed by atoms with Gasteiger partial charge in [-0.15, -0.1) is 0 Å². The van der Waals surface area contributed by atoms with E-state index in [1.54, 1.807) is 0 Å². The van der Waals surface area contributed by atoms with Crippen LogP contribution in [0.25, 0.3) is 23.2 Å². The molecule has 1 N–H and O–H groups in total. The maximum absolute atomic E-state index is 4.48. The van der Waals surface area contributed by atoms with Crippen molar-refractivity contribution in [1.82, 2.24) is 9.97 Å². The molecule has 0 bridgehead atoms. The SMILES string of the molecule is C(/C=C/c1nc2ccccc2[nH]1)=C\c1ccccc1. The Labute approximate surface area is 112 Å². The lowest BCUT2D eigenvalue weighted by Crippen LogP contribution is -1.72. The molecular formula is C17H14N2. The van der Waals surface area contributed by atoms with Crippen molar-refractivity contribution in [3.63, 3.8) is 0 Å². The minimum atomic E-state index is 0.874. The van der Waals surface area contributed by atoms with Crippen molar-refractivity contribution in [3.05, 3.63) is 78.1 Å². The highest BCUT2D eigenvalue weighted by Crippen LogP contribution is 2.11. The number of rotatable bonds is 3. The summed E-state index contributed by atoms with van der Waals surface area (Å²) >= 11 is 0. The highest BCUT2D eigenvalue weighted by Gasteiger charge is 1.96. The highest BCUT2D eigenvalue weighted by molar-refractivity contribution is 5.76. The number of nitrogens with zero attached hydrogens (tertiary/aromatic N) is 1. The molecule has 0 spiro atoms. The summed E-state index contributed by atoms with van der Waals surface area (Å²) in [6, 6.07) is 18.3. The Morgan fingerprint density at radius 3 is 2.37 bits per heavy atom. The monoisotopic (exact) mass is 246 g/mol. The Morgan fingerprint density at radius 2 is 1.53 bits per heavy atom. The zero-order valence-corrected chi connectivity index (χ0v) is 10.5. The number of aromatic nitrogens is 2. The summed E-state index contributed by atoms with van der Waals surface area (Å²) in [5, 5.41) is 0. The van der Waals surface area contributed by atoms with Gasteiger partial charge in [0, 0.05) is 0 Å². The van der Waals surface area contributed by atoms with Gasteiger partial charge in [0.1, 0.15) is 5.82 Å². The van der Waals surface area contributed by atoms with Gasteiger partial charge in [-0.2, -0.15) is 0 Å². The smallest absolute Gasteiger partial charge is 0.131 e. The summed E-state index contributed by atoms with van der Waals surface area (Å²) in [7, 11) is 0. The average Bonchev–Trinajstić information content (AvgIpc) is 2.87. The molecule has 92 valence electrons. The molecule has 2 aromatic carbocycles. The second-order valence-corrected chi connectivity index (χ2v) is 4.27. The summed E-state index contributed by atoms with van der Waals surface area (Å²) in [5.74, 6) is 0.874. The van der Waals surface area contributed by atoms with Crippen molar-refractivity contribution < 1.29 is 0 Å². The fraction of sp³-hybridized carbons (Fsp3) is 0. The average molecular weight is 246 g/mol. The maximum Gasteiger partial charge on any atom is 0.131 e. The molecule has 0 aliphatic carbocycles.